The Morgan fingerprint density at radius 3 is 2.59 bits per heavy atom. The first kappa shape index (κ1) is 20.9. The van der Waals surface area contributed by atoms with Gasteiger partial charge in [0.05, 0.1) is 11.5 Å². The Balaban J connectivity index is 1.90. The molecule has 0 atom stereocenters. The number of carbonyl (C=O) groups is 1. The number of halogens is 2. The number of carbonyl (C=O) groups excluding carboxylic acids is 1. The van der Waals surface area contributed by atoms with Crippen LogP contribution in [0.5, 0.6) is 0 Å². The first-order chi connectivity index (χ1) is 12.8. The van der Waals surface area contributed by atoms with Crippen molar-refractivity contribution in [3.8, 4) is 0 Å². The van der Waals surface area contributed by atoms with Gasteiger partial charge in [-0.3, -0.25) is 9.36 Å². The van der Waals surface area contributed by atoms with E-state index in [-0.39, 0.29) is 42.4 Å². The average molecular weight is 402 g/mol. The highest BCUT2D eigenvalue weighted by molar-refractivity contribution is 7.89. The second-order valence-corrected chi connectivity index (χ2v) is 7.22. The normalized spacial score (nSPS) is 11.7. The van der Waals surface area contributed by atoms with Crippen LogP contribution in [0, 0.1) is 0 Å². The summed E-state index contributed by atoms with van der Waals surface area (Å²) >= 11 is 0. The minimum absolute atomic E-state index is 0.0223. The lowest BCUT2D eigenvalue weighted by Gasteiger charge is -2.09. The molecule has 148 valence electrons. The summed E-state index contributed by atoms with van der Waals surface area (Å²) in [5.74, 6) is -0.282. The van der Waals surface area contributed by atoms with E-state index in [0.29, 0.717) is 0 Å². The molecule has 27 heavy (non-hydrogen) atoms. The lowest BCUT2D eigenvalue weighted by molar-refractivity contribution is 0.0670. The Hall–Kier alpha value is -2.37. The van der Waals surface area contributed by atoms with E-state index in [1.807, 2.05) is 0 Å². The zero-order chi connectivity index (χ0) is 19.9. The summed E-state index contributed by atoms with van der Waals surface area (Å²) < 4.78 is 57.4. The number of benzene rings is 1. The summed E-state index contributed by atoms with van der Waals surface area (Å²) in [6.07, 6.45) is 2.57. The molecule has 2 aromatic rings. The van der Waals surface area contributed by atoms with Crippen molar-refractivity contribution >= 4 is 15.9 Å². The molecule has 0 aliphatic rings. The van der Waals surface area contributed by atoms with E-state index in [9.17, 15) is 22.0 Å². The molecule has 0 aliphatic carbocycles. The number of aromatic nitrogens is 2. The Morgan fingerprint density at radius 1 is 1.26 bits per heavy atom. The van der Waals surface area contributed by atoms with E-state index < -0.39 is 22.5 Å². The quantitative estimate of drug-likeness (QED) is 0.581. The molecule has 2 N–H and O–H groups in total. The summed E-state index contributed by atoms with van der Waals surface area (Å²) in [6, 6.07) is 5.38. The van der Waals surface area contributed by atoms with Crippen LogP contribution >= 0.6 is 0 Å². The molecule has 1 aromatic carbocycles. The second-order valence-electron chi connectivity index (χ2n) is 5.45. The van der Waals surface area contributed by atoms with Gasteiger partial charge in [-0.2, -0.15) is 8.78 Å². The van der Waals surface area contributed by atoms with Gasteiger partial charge >= 0.3 is 6.55 Å². The first-order valence-corrected chi connectivity index (χ1v) is 9.50. The molecular weight excluding hydrogens is 382 g/mol. The van der Waals surface area contributed by atoms with Crippen LogP contribution in [0.15, 0.2) is 41.6 Å². The molecule has 0 radical (unpaired) electrons. The number of rotatable bonds is 10. The predicted octanol–water partition coefficient (Wildman–Crippen LogP) is 1.18. The molecule has 8 nitrogen and oxygen atoms in total. The van der Waals surface area contributed by atoms with Crippen molar-refractivity contribution in [1.82, 2.24) is 19.6 Å². The lowest BCUT2D eigenvalue weighted by atomic mass is 10.2. The highest BCUT2D eigenvalue weighted by Crippen LogP contribution is 2.13. The van der Waals surface area contributed by atoms with Crippen molar-refractivity contribution in [2.75, 3.05) is 26.8 Å². The van der Waals surface area contributed by atoms with Crippen LogP contribution in [-0.4, -0.2) is 50.7 Å². The topological polar surface area (TPSA) is 102 Å². The van der Waals surface area contributed by atoms with Gasteiger partial charge in [0, 0.05) is 44.6 Å². The number of hydrogen-bond donors (Lipinski definition) is 2. The molecule has 1 aromatic heterocycles. The van der Waals surface area contributed by atoms with Crippen LogP contribution in [-0.2, 0) is 21.2 Å². The molecule has 0 spiro atoms. The number of hydrogen-bond acceptors (Lipinski definition) is 5. The Bertz CT molecular complexity index is 854. The molecule has 1 heterocycles. The number of sulfonamides is 1. The summed E-state index contributed by atoms with van der Waals surface area (Å²) in [7, 11) is -2.22. The molecule has 2 rings (SSSR count). The maximum absolute atomic E-state index is 12.7. The third-order valence-corrected chi connectivity index (χ3v) is 5.10. The van der Waals surface area contributed by atoms with E-state index in [4.69, 9.17) is 4.74 Å². The third kappa shape index (κ3) is 5.81. The molecule has 0 bridgehead atoms. The smallest absolute Gasteiger partial charge is 0.319 e. The van der Waals surface area contributed by atoms with Gasteiger partial charge in [0.15, 0.2) is 0 Å². The minimum Gasteiger partial charge on any atom is -0.383 e. The van der Waals surface area contributed by atoms with Crippen molar-refractivity contribution in [2.45, 2.75) is 17.9 Å². The monoisotopic (exact) mass is 402 g/mol. The number of amides is 1. The van der Waals surface area contributed by atoms with E-state index in [1.54, 1.807) is 0 Å². The fourth-order valence-corrected chi connectivity index (χ4v) is 3.27. The highest BCUT2D eigenvalue weighted by Gasteiger charge is 2.15. The third-order valence-electron chi connectivity index (χ3n) is 3.62. The van der Waals surface area contributed by atoms with Crippen LogP contribution in [0.2, 0.25) is 0 Å². The van der Waals surface area contributed by atoms with Crippen LogP contribution in [0.3, 0.4) is 0 Å². The SMILES string of the molecule is COCCNS(=O)(=O)c1ccc(C(=O)NCCc2nccn2C(F)F)cc1. The summed E-state index contributed by atoms with van der Waals surface area (Å²) in [5, 5.41) is 2.58. The summed E-state index contributed by atoms with van der Waals surface area (Å²) in [5.41, 5.74) is 0.253. The number of nitrogens with zero attached hydrogens (tertiary/aromatic N) is 2. The fourth-order valence-electron chi connectivity index (χ4n) is 2.25. The van der Waals surface area contributed by atoms with Crippen molar-refractivity contribution in [3.05, 3.63) is 48.0 Å². The van der Waals surface area contributed by atoms with Gasteiger partial charge in [-0.15, -0.1) is 0 Å². The van der Waals surface area contributed by atoms with Gasteiger partial charge in [0.25, 0.3) is 5.91 Å². The van der Waals surface area contributed by atoms with Crippen molar-refractivity contribution in [1.29, 1.82) is 0 Å². The van der Waals surface area contributed by atoms with Gasteiger partial charge < -0.3 is 10.1 Å². The molecule has 11 heteroatoms. The predicted molar refractivity (Wildman–Crippen MR) is 93.0 cm³/mol. The van der Waals surface area contributed by atoms with Crippen LogP contribution in [0.4, 0.5) is 8.78 Å². The maximum atomic E-state index is 12.7. The van der Waals surface area contributed by atoms with Crippen molar-refractivity contribution in [2.24, 2.45) is 0 Å². The Labute approximate surface area is 155 Å². The number of ether oxygens (including phenoxy) is 1. The van der Waals surface area contributed by atoms with E-state index in [1.165, 1.54) is 43.8 Å². The van der Waals surface area contributed by atoms with Gasteiger partial charge in [-0.1, -0.05) is 0 Å². The van der Waals surface area contributed by atoms with Crippen LogP contribution < -0.4 is 10.0 Å². The fraction of sp³-hybridized carbons (Fsp3) is 0.375. The van der Waals surface area contributed by atoms with Gasteiger partial charge in [-0.25, -0.2) is 18.1 Å². The summed E-state index contributed by atoms with van der Waals surface area (Å²) in [6.45, 7) is -2.20. The van der Waals surface area contributed by atoms with E-state index in [0.717, 1.165) is 4.57 Å². The largest absolute Gasteiger partial charge is 0.383 e. The molecule has 0 unspecified atom stereocenters. The minimum atomic E-state index is -3.68. The van der Waals surface area contributed by atoms with Gasteiger partial charge in [-0.05, 0) is 24.3 Å². The van der Waals surface area contributed by atoms with Gasteiger partial charge in [0.1, 0.15) is 5.82 Å². The number of imidazole rings is 1. The summed E-state index contributed by atoms with van der Waals surface area (Å²) in [4.78, 5) is 15.9. The Kier molecular flexibility index (Phi) is 7.39. The van der Waals surface area contributed by atoms with Gasteiger partial charge in [0.2, 0.25) is 10.0 Å². The first-order valence-electron chi connectivity index (χ1n) is 8.02. The average Bonchev–Trinajstić information content (AvgIpc) is 3.11. The second kappa shape index (κ2) is 9.53. The highest BCUT2D eigenvalue weighted by atomic mass is 32.2. The lowest BCUT2D eigenvalue weighted by Crippen LogP contribution is -2.28. The molecule has 0 saturated heterocycles. The van der Waals surface area contributed by atoms with Crippen molar-refractivity contribution in [3.63, 3.8) is 0 Å². The van der Waals surface area contributed by atoms with E-state index >= 15 is 0 Å². The molecule has 0 saturated carbocycles. The molecule has 1 amide bonds. The maximum Gasteiger partial charge on any atom is 0.319 e. The number of alkyl halides is 2. The molecule has 0 aliphatic heterocycles. The van der Waals surface area contributed by atoms with Crippen molar-refractivity contribution < 1.29 is 26.7 Å². The van der Waals surface area contributed by atoms with Crippen LogP contribution in [0.1, 0.15) is 22.7 Å². The number of nitrogens with one attached hydrogen (secondary N) is 2. The van der Waals surface area contributed by atoms with E-state index in [2.05, 4.69) is 15.0 Å². The van der Waals surface area contributed by atoms with Crippen LogP contribution in [0.25, 0.3) is 0 Å². The molecule has 0 fully saturated rings. The zero-order valence-electron chi connectivity index (χ0n) is 14.6. The zero-order valence-corrected chi connectivity index (χ0v) is 15.4. The molecular formula is C16H20F2N4O4S. The Morgan fingerprint density at radius 2 is 1.96 bits per heavy atom. The standard InChI is InChI=1S/C16H20F2N4O4S/c1-26-11-9-21-27(24,25)13-4-2-12(3-5-13)15(23)20-7-6-14-19-8-10-22(14)16(17)18/h2-5,8,10,16,21H,6-7,9,11H2,1H3,(H,20,23). The number of methoxy groups -OCH3 is 1.